The highest BCUT2D eigenvalue weighted by Crippen LogP contribution is 2.31. The van der Waals surface area contributed by atoms with Gasteiger partial charge >= 0.3 is 0 Å². The fraction of sp³-hybridized carbons (Fsp3) is 0.133. The minimum atomic E-state index is -1.08. The summed E-state index contributed by atoms with van der Waals surface area (Å²) in [6.07, 6.45) is 0.485. The van der Waals surface area contributed by atoms with Gasteiger partial charge in [0.2, 0.25) is 0 Å². The number of carbonyl (C=O) groups excluding carboxylic acids is 1. The van der Waals surface area contributed by atoms with Crippen LogP contribution in [0.1, 0.15) is 21.5 Å². The molecule has 2 aromatic rings. The Kier molecular flexibility index (Phi) is 4.18. The maximum atomic E-state index is 14.0. The van der Waals surface area contributed by atoms with Gasteiger partial charge in [-0.25, -0.2) is 8.78 Å². The molecular weight excluding hydrogens is 328 g/mol. The molecule has 0 spiro atoms. The third-order valence-electron chi connectivity index (χ3n) is 2.96. The topological polar surface area (TPSA) is 29.1 Å². The van der Waals surface area contributed by atoms with E-state index in [0.29, 0.717) is 12.0 Å². The first-order valence-corrected chi connectivity index (χ1v) is 6.70. The summed E-state index contributed by atoms with van der Waals surface area (Å²) >= 11 is 2.88. The van der Waals surface area contributed by atoms with Crippen molar-refractivity contribution in [3.63, 3.8) is 0 Å². The number of aryl methyl sites for hydroxylation is 2. The van der Waals surface area contributed by atoms with E-state index in [9.17, 15) is 13.6 Å². The second-order valence-electron chi connectivity index (χ2n) is 4.51. The summed E-state index contributed by atoms with van der Waals surface area (Å²) in [5, 5.41) is 2.79. The Bertz CT molecular complexity index is 686. The minimum Gasteiger partial charge on any atom is -0.352 e. The van der Waals surface area contributed by atoms with E-state index in [1.165, 1.54) is 6.07 Å². The van der Waals surface area contributed by atoms with Crippen molar-refractivity contribution in [1.82, 2.24) is 0 Å². The Morgan fingerprint density at radius 3 is 2.45 bits per heavy atom. The predicted molar refractivity (Wildman–Crippen MR) is 78.6 cm³/mol. The van der Waals surface area contributed by atoms with Crippen LogP contribution in [0, 0.1) is 25.5 Å². The molecule has 0 heterocycles. The SMILES string of the molecule is Cc1ccc(Nc2c(C=O)cc(Br)c(F)c2F)c(C)c1. The van der Waals surface area contributed by atoms with E-state index in [1.807, 2.05) is 26.0 Å². The van der Waals surface area contributed by atoms with E-state index < -0.39 is 11.6 Å². The van der Waals surface area contributed by atoms with Gasteiger partial charge in [0.1, 0.15) is 0 Å². The Labute approximate surface area is 123 Å². The van der Waals surface area contributed by atoms with Gasteiger partial charge in [-0.3, -0.25) is 4.79 Å². The van der Waals surface area contributed by atoms with Crippen molar-refractivity contribution in [2.45, 2.75) is 13.8 Å². The number of hydrogen-bond donors (Lipinski definition) is 1. The fourth-order valence-corrected chi connectivity index (χ4v) is 2.34. The van der Waals surface area contributed by atoms with E-state index in [2.05, 4.69) is 21.2 Å². The third kappa shape index (κ3) is 2.72. The molecule has 0 amide bonds. The zero-order valence-corrected chi connectivity index (χ0v) is 12.5. The zero-order valence-electron chi connectivity index (χ0n) is 10.9. The molecule has 0 atom stereocenters. The standard InChI is InChI=1S/C15H12BrF2NO/c1-8-3-4-12(9(2)5-8)19-15-10(7-20)6-11(16)13(17)14(15)18/h3-7,19H,1-2H3. The molecule has 0 bridgehead atoms. The van der Waals surface area contributed by atoms with Crippen LogP contribution in [0.4, 0.5) is 20.2 Å². The molecule has 0 aromatic heterocycles. The average molecular weight is 340 g/mol. The van der Waals surface area contributed by atoms with Crippen molar-refractivity contribution in [2.75, 3.05) is 5.32 Å². The molecule has 2 rings (SSSR count). The van der Waals surface area contributed by atoms with Gasteiger partial charge in [-0.2, -0.15) is 0 Å². The maximum absolute atomic E-state index is 14.0. The first-order valence-electron chi connectivity index (χ1n) is 5.91. The van der Waals surface area contributed by atoms with E-state index in [-0.39, 0.29) is 15.7 Å². The normalized spacial score (nSPS) is 10.4. The van der Waals surface area contributed by atoms with Gasteiger partial charge in [0.15, 0.2) is 17.9 Å². The largest absolute Gasteiger partial charge is 0.352 e. The second-order valence-corrected chi connectivity index (χ2v) is 5.37. The minimum absolute atomic E-state index is 0.0516. The number of anilines is 2. The molecular formula is C15H12BrF2NO. The molecule has 0 fully saturated rings. The molecule has 0 saturated carbocycles. The van der Waals surface area contributed by atoms with Gasteiger partial charge in [0.05, 0.1) is 10.2 Å². The van der Waals surface area contributed by atoms with Crippen LogP contribution in [0.5, 0.6) is 0 Å². The monoisotopic (exact) mass is 339 g/mol. The lowest BCUT2D eigenvalue weighted by Gasteiger charge is -2.14. The number of carbonyl (C=O) groups is 1. The molecule has 0 aliphatic rings. The van der Waals surface area contributed by atoms with Crippen LogP contribution in [0.2, 0.25) is 0 Å². The van der Waals surface area contributed by atoms with Gasteiger partial charge in [0.25, 0.3) is 0 Å². The van der Waals surface area contributed by atoms with Crippen molar-refractivity contribution < 1.29 is 13.6 Å². The summed E-state index contributed by atoms with van der Waals surface area (Å²) in [6.45, 7) is 3.79. The van der Waals surface area contributed by atoms with Crippen molar-refractivity contribution in [1.29, 1.82) is 0 Å². The molecule has 2 nitrogen and oxygen atoms in total. The molecule has 0 radical (unpaired) electrons. The Morgan fingerprint density at radius 2 is 1.85 bits per heavy atom. The highest BCUT2D eigenvalue weighted by molar-refractivity contribution is 9.10. The Morgan fingerprint density at radius 1 is 1.15 bits per heavy atom. The Hall–Kier alpha value is -1.75. The first-order chi connectivity index (χ1) is 9.43. The summed E-state index contributed by atoms with van der Waals surface area (Å²) < 4.78 is 27.5. The molecule has 0 aliphatic carbocycles. The number of rotatable bonds is 3. The highest BCUT2D eigenvalue weighted by atomic mass is 79.9. The molecule has 1 N–H and O–H groups in total. The third-order valence-corrected chi connectivity index (χ3v) is 3.54. The molecule has 0 saturated heterocycles. The average Bonchev–Trinajstić information content (AvgIpc) is 2.41. The predicted octanol–water partition coefficient (Wildman–Crippen LogP) is 4.90. The summed E-state index contributed by atoms with van der Waals surface area (Å²) in [7, 11) is 0. The molecule has 104 valence electrons. The lowest BCUT2D eigenvalue weighted by atomic mass is 10.1. The van der Waals surface area contributed by atoms with Crippen LogP contribution in [0.25, 0.3) is 0 Å². The molecule has 2 aromatic carbocycles. The van der Waals surface area contributed by atoms with E-state index in [4.69, 9.17) is 0 Å². The molecule has 5 heteroatoms. The smallest absolute Gasteiger partial charge is 0.184 e. The second kappa shape index (κ2) is 5.71. The van der Waals surface area contributed by atoms with Crippen molar-refractivity contribution in [3.05, 3.63) is 57.1 Å². The highest BCUT2D eigenvalue weighted by Gasteiger charge is 2.17. The molecule has 20 heavy (non-hydrogen) atoms. The number of halogens is 3. The van der Waals surface area contributed by atoms with Gasteiger partial charge < -0.3 is 5.32 Å². The summed E-state index contributed by atoms with van der Waals surface area (Å²) in [5.41, 5.74) is 2.46. The summed E-state index contributed by atoms with van der Waals surface area (Å²) in [4.78, 5) is 11.0. The van der Waals surface area contributed by atoms with Crippen LogP contribution in [-0.2, 0) is 0 Å². The van der Waals surface area contributed by atoms with Crippen LogP contribution in [-0.4, -0.2) is 6.29 Å². The quantitative estimate of drug-likeness (QED) is 0.636. The summed E-state index contributed by atoms with van der Waals surface area (Å²) in [5.74, 6) is -2.11. The van der Waals surface area contributed by atoms with Crippen LogP contribution in [0.15, 0.2) is 28.7 Å². The first kappa shape index (κ1) is 14.7. The molecule has 0 aliphatic heterocycles. The zero-order chi connectivity index (χ0) is 14.9. The number of aldehydes is 1. The van der Waals surface area contributed by atoms with Crippen molar-refractivity contribution in [3.8, 4) is 0 Å². The van der Waals surface area contributed by atoms with Gasteiger partial charge in [0, 0.05) is 11.3 Å². The fourth-order valence-electron chi connectivity index (χ4n) is 1.92. The maximum Gasteiger partial charge on any atom is 0.184 e. The van der Waals surface area contributed by atoms with E-state index in [1.54, 1.807) is 6.07 Å². The number of benzene rings is 2. The van der Waals surface area contributed by atoms with Gasteiger partial charge in [-0.15, -0.1) is 0 Å². The van der Waals surface area contributed by atoms with Gasteiger partial charge in [-0.1, -0.05) is 17.7 Å². The van der Waals surface area contributed by atoms with Crippen LogP contribution in [0.3, 0.4) is 0 Å². The van der Waals surface area contributed by atoms with E-state index in [0.717, 1.165) is 11.1 Å². The van der Waals surface area contributed by atoms with E-state index >= 15 is 0 Å². The Balaban J connectivity index is 2.53. The molecule has 0 unspecified atom stereocenters. The lowest BCUT2D eigenvalue weighted by Crippen LogP contribution is -2.03. The van der Waals surface area contributed by atoms with Gasteiger partial charge in [-0.05, 0) is 47.5 Å². The van der Waals surface area contributed by atoms with Crippen molar-refractivity contribution >= 4 is 33.6 Å². The lowest BCUT2D eigenvalue weighted by molar-refractivity contribution is 0.112. The van der Waals surface area contributed by atoms with Crippen molar-refractivity contribution in [2.24, 2.45) is 0 Å². The number of nitrogens with one attached hydrogen (secondary N) is 1. The van der Waals surface area contributed by atoms with Crippen LogP contribution >= 0.6 is 15.9 Å². The van der Waals surface area contributed by atoms with Crippen LogP contribution < -0.4 is 5.32 Å². The summed E-state index contributed by atoms with van der Waals surface area (Å²) in [6, 6.07) is 6.77. The number of hydrogen-bond acceptors (Lipinski definition) is 2.